The fourth-order valence-electron chi connectivity index (χ4n) is 1.21. The Kier molecular flexibility index (Phi) is 5.06. The van der Waals surface area contributed by atoms with Crippen LogP contribution in [0.2, 0.25) is 0 Å². The van der Waals surface area contributed by atoms with E-state index in [9.17, 15) is 9.59 Å². The molecule has 98 valence electrons. The number of aliphatic hydroxyl groups is 1. The summed E-state index contributed by atoms with van der Waals surface area (Å²) >= 11 is 0. The van der Waals surface area contributed by atoms with Gasteiger partial charge in [0.15, 0.2) is 6.10 Å². The number of carbonyl (C=O) groups is 2. The fourth-order valence-corrected chi connectivity index (χ4v) is 1.21. The first-order valence-corrected chi connectivity index (χ1v) is 5.34. The van der Waals surface area contributed by atoms with Crippen molar-refractivity contribution in [3.05, 3.63) is 24.0 Å². The number of hydrogen-bond acceptors (Lipinski definition) is 4. The van der Waals surface area contributed by atoms with Crippen molar-refractivity contribution in [3.8, 4) is 0 Å². The molecule has 0 aliphatic carbocycles. The van der Waals surface area contributed by atoms with E-state index in [0.29, 0.717) is 0 Å². The van der Waals surface area contributed by atoms with Crippen LogP contribution in [0.15, 0.2) is 18.5 Å². The lowest BCUT2D eigenvalue weighted by Gasteiger charge is -2.05. The number of nitrogens with zero attached hydrogens (tertiary/aromatic N) is 2. The lowest BCUT2D eigenvalue weighted by Crippen LogP contribution is -2.28. The van der Waals surface area contributed by atoms with Crippen molar-refractivity contribution in [2.45, 2.75) is 12.5 Å². The van der Waals surface area contributed by atoms with Crippen molar-refractivity contribution in [2.75, 3.05) is 6.54 Å². The van der Waals surface area contributed by atoms with Gasteiger partial charge in [0.2, 0.25) is 5.91 Å². The molecule has 1 aromatic heterocycles. The average molecular weight is 253 g/mol. The van der Waals surface area contributed by atoms with Gasteiger partial charge in [-0.05, 0) is 6.08 Å². The van der Waals surface area contributed by atoms with E-state index >= 15 is 0 Å². The predicted molar refractivity (Wildman–Crippen MR) is 63.5 cm³/mol. The summed E-state index contributed by atoms with van der Waals surface area (Å²) in [5, 5.41) is 23.8. The van der Waals surface area contributed by atoms with Crippen LogP contribution in [0.4, 0.5) is 0 Å². The molecule has 1 heterocycles. The van der Waals surface area contributed by atoms with E-state index in [1.165, 1.54) is 6.08 Å². The number of carboxylic acid groups (broad SMARTS) is 1. The Labute approximate surface area is 104 Å². The summed E-state index contributed by atoms with van der Waals surface area (Å²) in [4.78, 5) is 21.6. The standard InChI is InChI=1S/C11H15N3O4/c1-14-7-8(6-13-14)2-3-10(16)12-5-4-9(15)11(17)18/h2-3,6-7,9,15H,4-5H2,1H3,(H,12,16)(H,17,18)/b3-2+/t9-/m0/s1. The second-order valence-corrected chi connectivity index (χ2v) is 3.71. The highest BCUT2D eigenvalue weighted by Gasteiger charge is 2.12. The van der Waals surface area contributed by atoms with Gasteiger partial charge in [-0.3, -0.25) is 9.48 Å². The predicted octanol–water partition coefficient (Wildman–Crippen LogP) is -0.615. The van der Waals surface area contributed by atoms with Crippen molar-refractivity contribution < 1.29 is 19.8 Å². The molecule has 0 saturated carbocycles. The van der Waals surface area contributed by atoms with E-state index in [-0.39, 0.29) is 18.9 Å². The largest absolute Gasteiger partial charge is 0.479 e. The monoisotopic (exact) mass is 253 g/mol. The highest BCUT2D eigenvalue weighted by molar-refractivity contribution is 5.91. The molecule has 0 aromatic carbocycles. The second-order valence-electron chi connectivity index (χ2n) is 3.71. The number of carboxylic acids is 1. The summed E-state index contributed by atoms with van der Waals surface area (Å²) in [5.74, 6) is -1.65. The molecule has 1 atom stereocenters. The third-order valence-electron chi connectivity index (χ3n) is 2.15. The van der Waals surface area contributed by atoms with Crippen LogP contribution < -0.4 is 5.32 Å². The number of carbonyl (C=O) groups excluding carboxylic acids is 1. The van der Waals surface area contributed by atoms with E-state index in [4.69, 9.17) is 10.2 Å². The molecular weight excluding hydrogens is 238 g/mol. The van der Waals surface area contributed by atoms with Crippen LogP contribution >= 0.6 is 0 Å². The number of nitrogens with one attached hydrogen (secondary N) is 1. The Morgan fingerprint density at radius 3 is 2.89 bits per heavy atom. The van der Waals surface area contributed by atoms with Crippen LogP contribution in [0.1, 0.15) is 12.0 Å². The number of rotatable bonds is 6. The highest BCUT2D eigenvalue weighted by Crippen LogP contribution is 1.98. The Bertz CT molecular complexity index is 453. The number of aliphatic carboxylic acids is 1. The zero-order valence-corrected chi connectivity index (χ0v) is 9.91. The quantitative estimate of drug-likeness (QED) is 0.586. The van der Waals surface area contributed by atoms with Gasteiger partial charge in [-0.15, -0.1) is 0 Å². The van der Waals surface area contributed by atoms with E-state index in [0.717, 1.165) is 5.56 Å². The molecule has 0 aliphatic rings. The highest BCUT2D eigenvalue weighted by atomic mass is 16.4. The molecule has 1 amide bonds. The first-order valence-electron chi connectivity index (χ1n) is 5.34. The molecule has 7 nitrogen and oxygen atoms in total. The molecule has 7 heteroatoms. The molecule has 0 bridgehead atoms. The van der Waals surface area contributed by atoms with Gasteiger partial charge in [0, 0.05) is 37.8 Å². The zero-order valence-electron chi connectivity index (χ0n) is 9.91. The Hall–Kier alpha value is -2.15. The van der Waals surface area contributed by atoms with Gasteiger partial charge in [0.05, 0.1) is 6.20 Å². The first-order chi connectivity index (χ1) is 8.49. The maximum atomic E-state index is 11.3. The molecule has 1 rings (SSSR count). The van der Waals surface area contributed by atoms with Gasteiger partial charge < -0.3 is 15.5 Å². The van der Waals surface area contributed by atoms with Gasteiger partial charge in [0.1, 0.15) is 0 Å². The smallest absolute Gasteiger partial charge is 0.332 e. The Morgan fingerprint density at radius 1 is 1.61 bits per heavy atom. The fraction of sp³-hybridized carbons (Fsp3) is 0.364. The van der Waals surface area contributed by atoms with Crippen molar-refractivity contribution in [1.29, 1.82) is 0 Å². The number of hydrogen-bond donors (Lipinski definition) is 3. The average Bonchev–Trinajstić information content (AvgIpc) is 2.72. The SMILES string of the molecule is Cn1cc(/C=C/C(=O)NCC[C@H](O)C(=O)O)cn1. The minimum atomic E-state index is -1.45. The molecule has 0 radical (unpaired) electrons. The number of aromatic nitrogens is 2. The summed E-state index contributed by atoms with van der Waals surface area (Å²) in [7, 11) is 1.77. The molecule has 0 unspecified atom stereocenters. The van der Waals surface area contributed by atoms with Crippen LogP contribution in [0, 0.1) is 0 Å². The van der Waals surface area contributed by atoms with Crippen molar-refractivity contribution in [2.24, 2.45) is 7.05 Å². The molecule has 0 fully saturated rings. The summed E-state index contributed by atoms with van der Waals surface area (Å²) in [5.41, 5.74) is 0.790. The van der Waals surface area contributed by atoms with Crippen LogP contribution in [-0.4, -0.2) is 44.5 Å². The normalized spacial score (nSPS) is 12.6. The molecule has 1 aromatic rings. The minimum absolute atomic E-state index is 0.0260. The zero-order chi connectivity index (χ0) is 13.5. The maximum absolute atomic E-state index is 11.3. The Balaban J connectivity index is 2.30. The van der Waals surface area contributed by atoms with E-state index in [1.54, 1.807) is 30.2 Å². The third-order valence-corrected chi connectivity index (χ3v) is 2.15. The van der Waals surface area contributed by atoms with Crippen molar-refractivity contribution in [3.63, 3.8) is 0 Å². The molecule has 3 N–H and O–H groups in total. The van der Waals surface area contributed by atoms with Gasteiger partial charge in [-0.25, -0.2) is 4.79 Å². The van der Waals surface area contributed by atoms with E-state index in [1.807, 2.05) is 0 Å². The van der Waals surface area contributed by atoms with Crippen LogP contribution in [0.3, 0.4) is 0 Å². The van der Waals surface area contributed by atoms with Crippen LogP contribution in [0.5, 0.6) is 0 Å². The maximum Gasteiger partial charge on any atom is 0.332 e. The summed E-state index contributed by atoms with van der Waals surface area (Å²) in [6, 6.07) is 0. The van der Waals surface area contributed by atoms with Gasteiger partial charge >= 0.3 is 5.97 Å². The summed E-state index contributed by atoms with van der Waals surface area (Å²) < 4.78 is 1.61. The second kappa shape index (κ2) is 6.55. The first kappa shape index (κ1) is 13.9. The van der Waals surface area contributed by atoms with Gasteiger partial charge in [0.25, 0.3) is 0 Å². The Morgan fingerprint density at radius 2 is 2.33 bits per heavy atom. The van der Waals surface area contributed by atoms with Gasteiger partial charge in [-0.2, -0.15) is 5.10 Å². The number of aryl methyl sites for hydroxylation is 1. The summed E-state index contributed by atoms with van der Waals surface area (Å²) in [6.07, 6.45) is 4.80. The molecular formula is C11H15N3O4. The topological polar surface area (TPSA) is 104 Å². The van der Waals surface area contributed by atoms with Crippen molar-refractivity contribution in [1.82, 2.24) is 15.1 Å². The third kappa shape index (κ3) is 4.79. The molecule has 0 spiro atoms. The van der Waals surface area contributed by atoms with Crippen LogP contribution in [0.25, 0.3) is 6.08 Å². The number of amides is 1. The lowest BCUT2D eigenvalue weighted by atomic mass is 10.2. The summed E-state index contributed by atoms with van der Waals surface area (Å²) in [6.45, 7) is 0.101. The van der Waals surface area contributed by atoms with E-state index in [2.05, 4.69) is 10.4 Å². The van der Waals surface area contributed by atoms with E-state index < -0.39 is 12.1 Å². The van der Waals surface area contributed by atoms with Crippen LogP contribution in [-0.2, 0) is 16.6 Å². The van der Waals surface area contributed by atoms with Crippen molar-refractivity contribution >= 4 is 18.0 Å². The molecule has 0 saturated heterocycles. The lowest BCUT2D eigenvalue weighted by molar-refractivity contribution is -0.147. The minimum Gasteiger partial charge on any atom is -0.479 e. The number of aliphatic hydroxyl groups excluding tert-OH is 1. The molecule has 18 heavy (non-hydrogen) atoms. The molecule has 0 aliphatic heterocycles. The van der Waals surface area contributed by atoms with Gasteiger partial charge in [-0.1, -0.05) is 0 Å².